The molecule has 6 nitrogen and oxygen atoms in total. The van der Waals surface area contributed by atoms with Crippen LogP contribution in [0.3, 0.4) is 0 Å². The lowest BCUT2D eigenvalue weighted by Gasteiger charge is -2.36. The van der Waals surface area contributed by atoms with Gasteiger partial charge in [-0.2, -0.15) is 0 Å². The monoisotopic (exact) mass is 359 g/mol. The first-order valence-corrected chi connectivity index (χ1v) is 9.53. The van der Waals surface area contributed by atoms with E-state index in [9.17, 15) is 9.59 Å². The van der Waals surface area contributed by atoms with E-state index < -0.39 is 5.97 Å². The first-order chi connectivity index (χ1) is 11.6. The van der Waals surface area contributed by atoms with Gasteiger partial charge in [-0.15, -0.1) is 23.1 Å². The number of rotatable bonds is 2. The molecule has 2 aromatic heterocycles. The zero-order valence-electron chi connectivity index (χ0n) is 12.6. The molecule has 3 aliphatic rings. The van der Waals surface area contributed by atoms with E-state index in [-0.39, 0.29) is 17.0 Å². The van der Waals surface area contributed by atoms with Crippen molar-refractivity contribution in [2.45, 2.75) is 31.1 Å². The molecule has 24 heavy (non-hydrogen) atoms. The van der Waals surface area contributed by atoms with E-state index in [0.29, 0.717) is 5.57 Å². The molecule has 1 N–H and O–H groups in total. The van der Waals surface area contributed by atoms with Crippen molar-refractivity contribution in [3.05, 3.63) is 39.1 Å². The molecule has 1 fully saturated rings. The van der Waals surface area contributed by atoms with E-state index in [1.54, 1.807) is 17.4 Å². The summed E-state index contributed by atoms with van der Waals surface area (Å²) in [5.74, 6) is -1.30. The first kappa shape index (κ1) is 14.3. The summed E-state index contributed by atoms with van der Waals surface area (Å²) in [7, 11) is 0. The van der Waals surface area contributed by atoms with Crippen LogP contribution in [-0.2, 0) is 22.4 Å². The second-order valence-corrected chi connectivity index (χ2v) is 8.09. The molecular weight excluding hydrogens is 346 g/mol. The molecule has 1 amide bonds. The van der Waals surface area contributed by atoms with Crippen molar-refractivity contribution >= 4 is 46.0 Å². The summed E-state index contributed by atoms with van der Waals surface area (Å²) < 4.78 is 2.15. The third-order valence-electron chi connectivity index (χ3n) is 4.64. The maximum absolute atomic E-state index is 12.3. The third kappa shape index (κ3) is 1.86. The number of carboxylic acid groups (broad SMARTS) is 1. The summed E-state index contributed by atoms with van der Waals surface area (Å²) in [6.45, 7) is 0. The zero-order chi connectivity index (χ0) is 16.4. The lowest BCUT2D eigenvalue weighted by atomic mass is 10.0. The van der Waals surface area contributed by atoms with E-state index in [1.165, 1.54) is 45.5 Å². The predicted molar refractivity (Wildman–Crippen MR) is 91.6 cm³/mol. The summed E-state index contributed by atoms with van der Waals surface area (Å²) >= 11 is 3.09. The fraction of sp³-hybridized carbons (Fsp3) is 0.312. The Labute approximate surface area is 145 Å². The highest BCUT2D eigenvalue weighted by molar-refractivity contribution is 8.03. The number of carboxylic acids is 1. The summed E-state index contributed by atoms with van der Waals surface area (Å²) in [5.41, 5.74) is 2.80. The van der Waals surface area contributed by atoms with Crippen LogP contribution in [0.2, 0.25) is 0 Å². The molecule has 5 rings (SSSR count). The Balaban J connectivity index is 1.47. The second-order valence-electron chi connectivity index (χ2n) is 6.07. The predicted octanol–water partition coefficient (Wildman–Crippen LogP) is 2.50. The van der Waals surface area contributed by atoms with Crippen molar-refractivity contribution in [3.63, 3.8) is 0 Å². The number of aromatic nitrogens is 2. The van der Waals surface area contributed by atoms with Crippen molar-refractivity contribution in [1.82, 2.24) is 14.3 Å². The van der Waals surface area contributed by atoms with Crippen LogP contribution < -0.4 is 0 Å². The number of aryl methyl sites for hydroxylation is 2. The maximum atomic E-state index is 12.3. The summed E-state index contributed by atoms with van der Waals surface area (Å²) in [4.78, 5) is 31.7. The standard InChI is InChI=1S/C16H13N3O3S2/c20-13-9(14-19(13)11(7-23-14)15(21)22)5-8-6-18-10-3-1-2-4-12(10)24-16(18)17-8/h5-7,14H,1-4H2,(H,21,22)/b9-5-. The molecule has 0 spiro atoms. The SMILES string of the molecule is O=C(O)C1=CSC2/C(=C\c3cn4c5c(sc4n3)CCCC5)C(=O)N12. The number of carbonyl (C=O) groups excluding carboxylic acids is 1. The van der Waals surface area contributed by atoms with Crippen LogP contribution in [-0.4, -0.2) is 36.6 Å². The van der Waals surface area contributed by atoms with Crippen LogP contribution in [0.4, 0.5) is 0 Å². The number of carbonyl (C=O) groups is 2. The lowest BCUT2D eigenvalue weighted by Crippen LogP contribution is -2.51. The largest absolute Gasteiger partial charge is 0.477 e. The lowest BCUT2D eigenvalue weighted by molar-refractivity contribution is -0.141. The molecule has 0 aromatic carbocycles. The fourth-order valence-corrected chi connectivity index (χ4v) is 5.79. The van der Waals surface area contributed by atoms with Crippen LogP contribution in [0.25, 0.3) is 11.0 Å². The maximum Gasteiger partial charge on any atom is 0.353 e. The smallest absolute Gasteiger partial charge is 0.353 e. The van der Waals surface area contributed by atoms with Crippen molar-refractivity contribution < 1.29 is 14.7 Å². The molecule has 0 bridgehead atoms. The topological polar surface area (TPSA) is 74.9 Å². The van der Waals surface area contributed by atoms with Gasteiger partial charge < -0.3 is 5.11 Å². The van der Waals surface area contributed by atoms with Crippen molar-refractivity contribution in [2.24, 2.45) is 0 Å². The van der Waals surface area contributed by atoms with E-state index >= 15 is 0 Å². The number of thioether (sulfide) groups is 1. The molecule has 0 saturated carbocycles. The van der Waals surface area contributed by atoms with E-state index in [2.05, 4.69) is 9.38 Å². The molecule has 1 unspecified atom stereocenters. The molecule has 1 saturated heterocycles. The van der Waals surface area contributed by atoms with Gasteiger partial charge in [-0.05, 0) is 31.8 Å². The molecule has 1 atom stereocenters. The van der Waals surface area contributed by atoms with Gasteiger partial charge in [0.1, 0.15) is 11.1 Å². The van der Waals surface area contributed by atoms with Crippen molar-refractivity contribution in [2.75, 3.05) is 0 Å². The molecule has 1 aliphatic carbocycles. The number of amides is 1. The Morgan fingerprint density at radius 1 is 1.38 bits per heavy atom. The average Bonchev–Trinajstić information content (AvgIpc) is 3.22. The quantitative estimate of drug-likeness (QED) is 0.659. The van der Waals surface area contributed by atoms with Gasteiger partial charge in [0.05, 0.1) is 11.3 Å². The van der Waals surface area contributed by atoms with Gasteiger partial charge in [-0.1, -0.05) is 0 Å². The van der Waals surface area contributed by atoms with Gasteiger partial charge in [-0.25, -0.2) is 9.78 Å². The average molecular weight is 359 g/mol. The Hall–Kier alpha value is -2.06. The molecule has 2 aromatic rings. The number of fused-ring (bicyclic) bond motifs is 4. The minimum Gasteiger partial charge on any atom is -0.477 e. The number of hydrogen-bond acceptors (Lipinski definition) is 5. The Kier molecular flexibility index (Phi) is 2.96. The number of β-lactam (4-membered cyclic amide) rings is 1. The van der Waals surface area contributed by atoms with Crippen LogP contribution >= 0.6 is 23.1 Å². The van der Waals surface area contributed by atoms with E-state index in [1.807, 2.05) is 6.20 Å². The van der Waals surface area contributed by atoms with Crippen molar-refractivity contribution in [1.29, 1.82) is 0 Å². The van der Waals surface area contributed by atoms with Gasteiger partial charge in [0.25, 0.3) is 5.91 Å². The highest BCUT2D eigenvalue weighted by Crippen LogP contribution is 2.45. The number of imidazole rings is 1. The van der Waals surface area contributed by atoms with Gasteiger partial charge in [0.2, 0.25) is 0 Å². The Morgan fingerprint density at radius 3 is 3.04 bits per heavy atom. The normalized spacial score (nSPS) is 24.1. The van der Waals surface area contributed by atoms with Gasteiger partial charge in [-0.3, -0.25) is 14.1 Å². The number of thiazole rings is 1. The molecule has 122 valence electrons. The Bertz CT molecular complexity index is 969. The first-order valence-electron chi connectivity index (χ1n) is 7.77. The van der Waals surface area contributed by atoms with Gasteiger partial charge >= 0.3 is 5.97 Å². The molecular formula is C16H13N3O3S2. The van der Waals surface area contributed by atoms with Crippen LogP contribution in [0, 0.1) is 0 Å². The number of nitrogens with zero attached hydrogens (tertiary/aromatic N) is 3. The van der Waals surface area contributed by atoms with Crippen LogP contribution in [0.1, 0.15) is 29.1 Å². The Morgan fingerprint density at radius 2 is 2.21 bits per heavy atom. The van der Waals surface area contributed by atoms with Crippen LogP contribution in [0.15, 0.2) is 22.9 Å². The van der Waals surface area contributed by atoms with Gasteiger partial charge in [0, 0.05) is 22.2 Å². The summed E-state index contributed by atoms with van der Waals surface area (Å²) in [6, 6.07) is 0. The minimum atomic E-state index is -1.06. The summed E-state index contributed by atoms with van der Waals surface area (Å²) in [6.07, 6.45) is 8.46. The van der Waals surface area contributed by atoms with Crippen LogP contribution in [0.5, 0.6) is 0 Å². The number of hydrogen-bond donors (Lipinski definition) is 1. The second kappa shape index (κ2) is 4.97. The minimum absolute atomic E-state index is 0.0621. The van der Waals surface area contributed by atoms with E-state index in [4.69, 9.17) is 5.11 Å². The fourth-order valence-electron chi connectivity index (χ4n) is 3.48. The molecule has 4 heterocycles. The molecule has 8 heteroatoms. The highest BCUT2D eigenvalue weighted by Gasteiger charge is 2.49. The van der Waals surface area contributed by atoms with E-state index in [0.717, 1.165) is 23.5 Å². The zero-order valence-corrected chi connectivity index (χ0v) is 14.2. The molecule has 0 radical (unpaired) electrons. The van der Waals surface area contributed by atoms with Crippen molar-refractivity contribution in [3.8, 4) is 0 Å². The van der Waals surface area contributed by atoms with Gasteiger partial charge in [0.15, 0.2) is 4.96 Å². The molecule has 2 aliphatic heterocycles. The number of aliphatic carboxylic acids is 1. The summed E-state index contributed by atoms with van der Waals surface area (Å²) in [5, 5.41) is 10.4. The highest BCUT2D eigenvalue weighted by atomic mass is 32.2. The third-order valence-corrected chi connectivity index (χ3v) is 6.88.